The normalized spacial score (nSPS) is 13.5. The van der Waals surface area contributed by atoms with Gasteiger partial charge < -0.3 is 15.4 Å². The van der Waals surface area contributed by atoms with Crippen molar-refractivity contribution < 1.29 is 9.63 Å². The summed E-state index contributed by atoms with van der Waals surface area (Å²) in [6.07, 6.45) is 1.93. The van der Waals surface area contributed by atoms with Gasteiger partial charge >= 0.3 is 0 Å². The Bertz CT molecular complexity index is 271. The molecule has 3 N–H and O–H groups in total. The van der Waals surface area contributed by atoms with E-state index in [-0.39, 0.29) is 6.61 Å². The van der Waals surface area contributed by atoms with Crippen molar-refractivity contribution in [3.8, 4) is 0 Å². The summed E-state index contributed by atoms with van der Waals surface area (Å²) in [6, 6.07) is -0.540. The predicted octanol–water partition coefficient (Wildman–Crippen LogP) is 0.965. The fourth-order valence-electron chi connectivity index (χ4n) is 1.28. The van der Waals surface area contributed by atoms with Crippen LogP contribution in [-0.2, 0) is 0 Å². The van der Waals surface area contributed by atoms with E-state index in [1.54, 1.807) is 0 Å². The Balaban J connectivity index is 2.76. The fraction of sp³-hybridized carbons (Fsp3) is 0.778. The predicted molar refractivity (Wildman–Crippen MR) is 51.6 cm³/mol. The van der Waals surface area contributed by atoms with Gasteiger partial charge in [-0.05, 0) is 12.8 Å². The Morgan fingerprint density at radius 3 is 2.57 bits per heavy atom. The van der Waals surface area contributed by atoms with E-state index in [0.29, 0.717) is 17.6 Å². The topological polar surface area (TPSA) is 85.2 Å². The van der Waals surface area contributed by atoms with Gasteiger partial charge in [-0.2, -0.15) is 4.98 Å². The highest BCUT2D eigenvalue weighted by Gasteiger charge is 2.18. The number of aromatic nitrogens is 2. The second-order valence-corrected chi connectivity index (χ2v) is 3.29. The molecule has 1 atom stereocenters. The molecule has 0 aliphatic rings. The summed E-state index contributed by atoms with van der Waals surface area (Å²) in [4.78, 5) is 4.16. The summed E-state index contributed by atoms with van der Waals surface area (Å²) >= 11 is 0. The number of aliphatic hydroxyl groups excluding tert-OH is 1. The molecule has 1 heterocycles. The molecule has 0 aromatic carbocycles. The average Bonchev–Trinajstić information content (AvgIpc) is 2.68. The number of nitrogens with two attached hydrogens (primary N) is 1. The molecule has 1 aromatic heterocycles. The SMILES string of the molecule is CCC(CC)c1nc(C(N)CO)no1. The Hall–Kier alpha value is -0.940. The van der Waals surface area contributed by atoms with Crippen LogP contribution >= 0.6 is 0 Å². The summed E-state index contributed by atoms with van der Waals surface area (Å²) in [5, 5.41) is 12.5. The minimum atomic E-state index is -0.540. The van der Waals surface area contributed by atoms with Crippen molar-refractivity contribution >= 4 is 0 Å². The first-order chi connectivity index (χ1) is 6.72. The third-order valence-corrected chi connectivity index (χ3v) is 2.32. The molecule has 0 fully saturated rings. The number of aliphatic hydroxyl groups is 1. The second-order valence-electron chi connectivity index (χ2n) is 3.29. The van der Waals surface area contributed by atoms with Gasteiger partial charge in [0.25, 0.3) is 0 Å². The van der Waals surface area contributed by atoms with Crippen LogP contribution < -0.4 is 5.73 Å². The van der Waals surface area contributed by atoms with E-state index in [2.05, 4.69) is 24.0 Å². The summed E-state index contributed by atoms with van der Waals surface area (Å²) in [6.45, 7) is 3.98. The van der Waals surface area contributed by atoms with E-state index >= 15 is 0 Å². The lowest BCUT2D eigenvalue weighted by Gasteiger charge is -2.04. The Kier molecular flexibility index (Phi) is 4.03. The van der Waals surface area contributed by atoms with Crippen LogP contribution in [0.4, 0.5) is 0 Å². The molecule has 5 heteroatoms. The number of rotatable bonds is 5. The minimum absolute atomic E-state index is 0.165. The van der Waals surface area contributed by atoms with E-state index in [4.69, 9.17) is 15.4 Å². The number of nitrogens with zero attached hydrogens (tertiary/aromatic N) is 2. The first-order valence-corrected chi connectivity index (χ1v) is 4.92. The van der Waals surface area contributed by atoms with Crippen LogP contribution in [-0.4, -0.2) is 21.9 Å². The van der Waals surface area contributed by atoms with E-state index < -0.39 is 6.04 Å². The smallest absolute Gasteiger partial charge is 0.229 e. The van der Waals surface area contributed by atoms with Crippen LogP contribution in [0.15, 0.2) is 4.52 Å². The molecule has 0 saturated heterocycles. The van der Waals surface area contributed by atoms with Gasteiger partial charge in [-0.3, -0.25) is 0 Å². The van der Waals surface area contributed by atoms with Gasteiger partial charge in [0, 0.05) is 5.92 Å². The van der Waals surface area contributed by atoms with Gasteiger partial charge in [-0.1, -0.05) is 19.0 Å². The quantitative estimate of drug-likeness (QED) is 0.737. The molecule has 0 bridgehead atoms. The second kappa shape index (κ2) is 5.07. The van der Waals surface area contributed by atoms with Crippen LogP contribution in [0.25, 0.3) is 0 Å². The first kappa shape index (κ1) is 11.1. The zero-order valence-corrected chi connectivity index (χ0v) is 8.60. The van der Waals surface area contributed by atoms with E-state index in [1.165, 1.54) is 0 Å². The molecule has 80 valence electrons. The first-order valence-electron chi connectivity index (χ1n) is 4.92. The van der Waals surface area contributed by atoms with Crippen LogP contribution in [0.2, 0.25) is 0 Å². The summed E-state index contributed by atoms with van der Waals surface area (Å²) in [5.41, 5.74) is 5.56. The van der Waals surface area contributed by atoms with Crippen LogP contribution in [0.3, 0.4) is 0 Å². The molecule has 0 aliphatic heterocycles. The molecule has 1 rings (SSSR count). The molecule has 0 aliphatic carbocycles. The number of hydrogen-bond donors (Lipinski definition) is 2. The van der Waals surface area contributed by atoms with Gasteiger partial charge in [-0.15, -0.1) is 0 Å². The maximum Gasteiger partial charge on any atom is 0.229 e. The van der Waals surface area contributed by atoms with Gasteiger partial charge in [-0.25, -0.2) is 0 Å². The zero-order valence-electron chi connectivity index (χ0n) is 8.60. The lowest BCUT2D eigenvalue weighted by atomic mass is 10.0. The largest absolute Gasteiger partial charge is 0.394 e. The summed E-state index contributed by atoms with van der Waals surface area (Å²) in [7, 11) is 0. The van der Waals surface area contributed by atoms with Crippen molar-refractivity contribution in [2.24, 2.45) is 5.73 Å². The van der Waals surface area contributed by atoms with Crippen molar-refractivity contribution in [2.45, 2.75) is 38.6 Å². The van der Waals surface area contributed by atoms with Gasteiger partial charge in [0.1, 0.15) is 0 Å². The molecular formula is C9H17N3O2. The van der Waals surface area contributed by atoms with Crippen molar-refractivity contribution in [1.82, 2.24) is 10.1 Å². The molecule has 1 aromatic rings. The van der Waals surface area contributed by atoms with E-state index in [1.807, 2.05) is 0 Å². The minimum Gasteiger partial charge on any atom is -0.394 e. The molecule has 0 spiro atoms. The lowest BCUT2D eigenvalue weighted by Crippen LogP contribution is -2.16. The lowest BCUT2D eigenvalue weighted by molar-refractivity contribution is 0.259. The maximum atomic E-state index is 8.80. The average molecular weight is 199 g/mol. The zero-order chi connectivity index (χ0) is 10.6. The maximum absolute atomic E-state index is 8.80. The highest BCUT2D eigenvalue weighted by atomic mass is 16.5. The Morgan fingerprint density at radius 2 is 2.07 bits per heavy atom. The highest BCUT2D eigenvalue weighted by Crippen LogP contribution is 2.21. The highest BCUT2D eigenvalue weighted by molar-refractivity contribution is 4.97. The van der Waals surface area contributed by atoms with E-state index in [0.717, 1.165) is 12.8 Å². The standard InChI is InChI=1S/C9H17N3O2/c1-3-6(4-2)9-11-8(12-14-9)7(10)5-13/h6-7,13H,3-5,10H2,1-2H3. The molecule has 5 nitrogen and oxygen atoms in total. The van der Waals surface area contributed by atoms with E-state index in [9.17, 15) is 0 Å². The van der Waals surface area contributed by atoms with Crippen LogP contribution in [0.5, 0.6) is 0 Å². The van der Waals surface area contributed by atoms with Gasteiger partial charge in [0.2, 0.25) is 5.89 Å². The molecule has 0 amide bonds. The number of hydrogen-bond acceptors (Lipinski definition) is 5. The molecule has 1 unspecified atom stereocenters. The van der Waals surface area contributed by atoms with Crippen molar-refractivity contribution in [2.75, 3.05) is 6.61 Å². The Morgan fingerprint density at radius 1 is 1.43 bits per heavy atom. The molecular weight excluding hydrogens is 182 g/mol. The Labute approximate surface area is 83.3 Å². The fourth-order valence-corrected chi connectivity index (χ4v) is 1.28. The summed E-state index contributed by atoms with van der Waals surface area (Å²) < 4.78 is 5.08. The van der Waals surface area contributed by atoms with Crippen molar-refractivity contribution in [1.29, 1.82) is 0 Å². The van der Waals surface area contributed by atoms with Crippen LogP contribution in [0.1, 0.15) is 50.4 Å². The van der Waals surface area contributed by atoms with Crippen LogP contribution in [0, 0.1) is 0 Å². The third-order valence-electron chi connectivity index (χ3n) is 2.32. The van der Waals surface area contributed by atoms with Crippen molar-refractivity contribution in [3.05, 3.63) is 11.7 Å². The molecule has 14 heavy (non-hydrogen) atoms. The van der Waals surface area contributed by atoms with Gasteiger partial charge in [0.05, 0.1) is 12.6 Å². The molecule has 0 saturated carbocycles. The third kappa shape index (κ3) is 2.30. The summed E-state index contributed by atoms with van der Waals surface area (Å²) in [5.74, 6) is 1.30. The monoisotopic (exact) mass is 199 g/mol. The van der Waals surface area contributed by atoms with Gasteiger partial charge in [0.15, 0.2) is 5.82 Å². The molecule has 0 radical (unpaired) electrons. The van der Waals surface area contributed by atoms with Crippen molar-refractivity contribution in [3.63, 3.8) is 0 Å².